The maximum atomic E-state index is 11.6. The molecular formula is C11H16BrNOS. The predicted octanol–water partition coefficient (Wildman–Crippen LogP) is 3.08. The molecule has 1 aromatic carbocycles. The number of nitrogens with two attached hydrogens (primary N) is 1. The van der Waals surface area contributed by atoms with Crippen molar-refractivity contribution in [3.05, 3.63) is 28.2 Å². The van der Waals surface area contributed by atoms with Crippen LogP contribution < -0.4 is 5.73 Å². The van der Waals surface area contributed by atoms with Crippen molar-refractivity contribution < 1.29 is 4.21 Å². The zero-order valence-electron chi connectivity index (χ0n) is 8.83. The first-order valence-corrected chi connectivity index (χ1v) is 7.30. The largest absolute Gasteiger partial charge is 0.398 e. The quantitative estimate of drug-likeness (QED) is 0.847. The summed E-state index contributed by atoms with van der Waals surface area (Å²) < 4.78 is 12.5. The molecule has 4 heteroatoms. The van der Waals surface area contributed by atoms with Crippen LogP contribution in [-0.2, 0) is 16.6 Å². The molecule has 2 nitrogen and oxygen atoms in total. The van der Waals surface area contributed by atoms with Crippen LogP contribution in [0.25, 0.3) is 0 Å². The molecule has 0 bridgehead atoms. The standard InChI is InChI=1S/C11H16BrNOS/c1-2-3-6-15(14)8-9-4-5-10(12)11(13)7-9/h4-5,7H,2-3,6,8,13H2,1H3. The zero-order chi connectivity index (χ0) is 11.3. The Hall–Kier alpha value is -0.350. The average molecular weight is 290 g/mol. The van der Waals surface area contributed by atoms with Crippen LogP contribution in [0.1, 0.15) is 25.3 Å². The monoisotopic (exact) mass is 289 g/mol. The summed E-state index contributed by atoms with van der Waals surface area (Å²) >= 11 is 3.34. The Balaban J connectivity index is 2.57. The topological polar surface area (TPSA) is 43.1 Å². The molecule has 0 aliphatic heterocycles. The van der Waals surface area contributed by atoms with E-state index in [4.69, 9.17) is 5.73 Å². The minimum absolute atomic E-state index is 0.609. The number of hydrogen-bond acceptors (Lipinski definition) is 2. The molecule has 0 radical (unpaired) electrons. The smallest absolute Gasteiger partial charge is 0.0486 e. The molecule has 0 aromatic heterocycles. The molecule has 0 saturated heterocycles. The summed E-state index contributed by atoms with van der Waals surface area (Å²) in [5.74, 6) is 1.39. The van der Waals surface area contributed by atoms with E-state index in [0.29, 0.717) is 11.4 Å². The minimum Gasteiger partial charge on any atom is -0.398 e. The van der Waals surface area contributed by atoms with Crippen molar-refractivity contribution in [3.63, 3.8) is 0 Å². The molecular weight excluding hydrogens is 274 g/mol. The van der Waals surface area contributed by atoms with E-state index in [1.54, 1.807) is 0 Å². The van der Waals surface area contributed by atoms with E-state index in [1.807, 2.05) is 18.2 Å². The summed E-state index contributed by atoms with van der Waals surface area (Å²) in [6, 6.07) is 5.75. The molecule has 0 amide bonds. The van der Waals surface area contributed by atoms with Crippen molar-refractivity contribution in [2.45, 2.75) is 25.5 Å². The predicted molar refractivity (Wildman–Crippen MR) is 70.2 cm³/mol. The van der Waals surface area contributed by atoms with Gasteiger partial charge in [0.2, 0.25) is 0 Å². The first-order valence-electron chi connectivity index (χ1n) is 5.02. The lowest BCUT2D eigenvalue weighted by molar-refractivity contribution is 0.679. The Morgan fingerprint density at radius 3 is 2.80 bits per heavy atom. The summed E-state index contributed by atoms with van der Waals surface area (Å²) in [4.78, 5) is 0. The van der Waals surface area contributed by atoms with E-state index in [0.717, 1.165) is 28.6 Å². The van der Waals surface area contributed by atoms with Gasteiger partial charge < -0.3 is 5.73 Å². The van der Waals surface area contributed by atoms with Gasteiger partial charge in [0.15, 0.2) is 0 Å². The highest BCUT2D eigenvalue weighted by atomic mass is 79.9. The Bertz CT molecular complexity index is 354. The summed E-state index contributed by atoms with van der Waals surface area (Å²) in [7, 11) is -0.757. The van der Waals surface area contributed by atoms with Gasteiger partial charge in [0.25, 0.3) is 0 Å². The van der Waals surface area contributed by atoms with Crippen molar-refractivity contribution in [2.75, 3.05) is 11.5 Å². The maximum Gasteiger partial charge on any atom is 0.0486 e. The second-order valence-electron chi connectivity index (χ2n) is 3.50. The molecule has 0 spiro atoms. The highest BCUT2D eigenvalue weighted by Crippen LogP contribution is 2.21. The van der Waals surface area contributed by atoms with Gasteiger partial charge in [-0.15, -0.1) is 0 Å². The number of anilines is 1. The normalized spacial score (nSPS) is 12.7. The number of benzene rings is 1. The van der Waals surface area contributed by atoms with Crippen LogP contribution in [0.2, 0.25) is 0 Å². The van der Waals surface area contributed by atoms with Gasteiger partial charge in [0.05, 0.1) is 0 Å². The highest BCUT2D eigenvalue weighted by molar-refractivity contribution is 9.10. The Morgan fingerprint density at radius 1 is 1.47 bits per heavy atom. The van der Waals surface area contributed by atoms with E-state index in [2.05, 4.69) is 22.9 Å². The van der Waals surface area contributed by atoms with Crippen molar-refractivity contribution in [1.29, 1.82) is 0 Å². The molecule has 2 N–H and O–H groups in total. The summed E-state index contributed by atoms with van der Waals surface area (Å²) in [6.45, 7) is 2.11. The van der Waals surface area contributed by atoms with Crippen molar-refractivity contribution >= 4 is 32.4 Å². The molecule has 84 valence electrons. The lowest BCUT2D eigenvalue weighted by Gasteiger charge is -2.04. The SMILES string of the molecule is CCCCS(=O)Cc1ccc(Br)c(N)c1. The lowest BCUT2D eigenvalue weighted by atomic mass is 10.2. The van der Waals surface area contributed by atoms with Gasteiger partial charge in [-0.25, -0.2) is 0 Å². The molecule has 0 fully saturated rings. The molecule has 0 saturated carbocycles. The molecule has 0 heterocycles. The Labute approximate surface area is 102 Å². The number of halogens is 1. The minimum atomic E-state index is -0.757. The van der Waals surface area contributed by atoms with Crippen molar-refractivity contribution in [2.24, 2.45) is 0 Å². The van der Waals surface area contributed by atoms with Gasteiger partial charge in [-0.2, -0.15) is 0 Å². The maximum absolute atomic E-state index is 11.6. The Morgan fingerprint density at radius 2 is 2.20 bits per heavy atom. The third-order valence-corrected chi connectivity index (χ3v) is 4.24. The number of unbranched alkanes of at least 4 members (excludes halogenated alkanes) is 1. The van der Waals surface area contributed by atoms with Crippen LogP contribution in [0.4, 0.5) is 5.69 Å². The third kappa shape index (κ3) is 4.34. The lowest BCUT2D eigenvalue weighted by Crippen LogP contribution is -2.01. The van der Waals surface area contributed by atoms with Crippen LogP contribution in [0.15, 0.2) is 22.7 Å². The molecule has 1 rings (SSSR count). The van der Waals surface area contributed by atoms with Crippen LogP contribution >= 0.6 is 15.9 Å². The fourth-order valence-corrected chi connectivity index (χ4v) is 2.80. The van der Waals surface area contributed by atoms with Gasteiger partial charge in [-0.1, -0.05) is 19.4 Å². The number of hydrogen-bond donors (Lipinski definition) is 1. The second kappa shape index (κ2) is 6.28. The summed E-state index contributed by atoms with van der Waals surface area (Å²) in [5, 5.41) is 0. The molecule has 1 atom stereocenters. The highest BCUT2D eigenvalue weighted by Gasteiger charge is 2.03. The summed E-state index contributed by atoms with van der Waals surface area (Å²) in [6.07, 6.45) is 2.12. The first kappa shape index (κ1) is 12.7. The molecule has 0 aliphatic rings. The van der Waals surface area contributed by atoms with Gasteiger partial charge in [0, 0.05) is 32.5 Å². The molecule has 15 heavy (non-hydrogen) atoms. The molecule has 1 aromatic rings. The van der Waals surface area contributed by atoms with Gasteiger partial charge in [0.1, 0.15) is 0 Å². The third-order valence-electron chi connectivity index (χ3n) is 2.11. The molecule has 1 unspecified atom stereocenters. The van der Waals surface area contributed by atoms with Crippen molar-refractivity contribution in [1.82, 2.24) is 0 Å². The van der Waals surface area contributed by atoms with Gasteiger partial charge in [-0.3, -0.25) is 4.21 Å². The van der Waals surface area contributed by atoms with E-state index in [-0.39, 0.29) is 0 Å². The van der Waals surface area contributed by atoms with E-state index in [1.165, 1.54) is 0 Å². The fourth-order valence-electron chi connectivity index (χ4n) is 1.25. The zero-order valence-corrected chi connectivity index (χ0v) is 11.2. The van der Waals surface area contributed by atoms with Crippen molar-refractivity contribution in [3.8, 4) is 0 Å². The molecule has 0 aliphatic carbocycles. The average Bonchev–Trinajstić information content (AvgIpc) is 2.20. The van der Waals surface area contributed by atoms with Crippen LogP contribution in [0.5, 0.6) is 0 Å². The van der Waals surface area contributed by atoms with Crippen LogP contribution in [0, 0.1) is 0 Å². The fraction of sp³-hybridized carbons (Fsp3) is 0.455. The first-order chi connectivity index (χ1) is 7.13. The number of rotatable bonds is 5. The van der Waals surface area contributed by atoms with Crippen LogP contribution in [-0.4, -0.2) is 9.96 Å². The second-order valence-corrected chi connectivity index (χ2v) is 5.93. The Kier molecular flexibility index (Phi) is 5.32. The van der Waals surface area contributed by atoms with Gasteiger partial charge >= 0.3 is 0 Å². The van der Waals surface area contributed by atoms with Gasteiger partial charge in [-0.05, 0) is 40.0 Å². The van der Waals surface area contributed by atoms with E-state index >= 15 is 0 Å². The van der Waals surface area contributed by atoms with E-state index in [9.17, 15) is 4.21 Å². The number of nitrogen functional groups attached to an aromatic ring is 1. The summed E-state index contributed by atoms with van der Waals surface area (Å²) in [5.41, 5.74) is 7.51. The van der Waals surface area contributed by atoms with E-state index < -0.39 is 10.8 Å². The van der Waals surface area contributed by atoms with Crippen LogP contribution in [0.3, 0.4) is 0 Å².